The summed E-state index contributed by atoms with van der Waals surface area (Å²) in [5, 5.41) is 9.30. The van der Waals surface area contributed by atoms with E-state index < -0.39 is 24.0 Å². The Kier molecular flexibility index (Phi) is 11.6. The van der Waals surface area contributed by atoms with E-state index in [0.717, 1.165) is 28.0 Å². The van der Waals surface area contributed by atoms with E-state index in [9.17, 15) is 19.2 Å². The molecule has 1 heterocycles. The molecule has 12 nitrogen and oxygen atoms in total. The van der Waals surface area contributed by atoms with E-state index in [1.165, 1.54) is 34.3 Å². The fourth-order valence-corrected chi connectivity index (χ4v) is 7.23. The van der Waals surface area contributed by atoms with Crippen molar-refractivity contribution in [3.05, 3.63) is 81.6 Å². The van der Waals surface area contributed by atoms with E-state index in [-0.39, 0.29) is 33.8 Å². The number of thiazole rings is 1. The quantitative estimate of drug-likeness (QED) is 0.144. The lowest BCUT2D eigenvalue weighted by Gasteiger charge is -2.23. The number of rotatable bonds is 12. The van der Waals surface area contributed by atoms with Gasteiger partial charge in [0.15, 0.2) is 22.3 Å². The summed E-state index contributed by atoms with van der Waals surface area (Å²) in [4.78, 5) is 57.9. The highest BCUT2D eigenvalue weighted by molar-refractivity contribution is 7.19. The summed E-state index contributed by atoms with van der Waals surface area (Å²) in [5.74, 6) is -0.174. The van der Waals surface area contributed by atoms with E-state index >= 15 is 0 Å². The lowest BCUT2D eigenvalue weighted by atomic mass is 9.95. The molecule has 13 heteroatoms. The summed E-state index contributed by atoms with van der Waals surface area (Å²) in [6, 6.07) is 14.7. The van der Waals surface area contributed by atoms with Gasteiger partial charge in [0.1, 0.15) is 6.04 Å². The first-order valence-corrected chi connectivity index (χ1v) is 17.4. The van der Waals surface area contributed by atoms with Gasteiger partial charge >= 0.3 is 5.97 Å². The fraction of sp³-hybridized carbons (Fsp3) is 0.342. The van der Waals surface area contributed by atoms with Crippen LogP contribution in [0.2, 0.25) is 0 Å². The van der Waals surface area contributed by atoms with Crippen LogP contribution in [0.4, 0.5) is 10.8 Å². The number of hydrogen-bond donors (Lipinski definition) is 3. The number of carbonyl (C=O) groups is 3. The van der Waals surface area contributed by atoms with Gasteiger partial charge in [0.05, 0.1) is 45.0 Å². The van der Waals surface area contributed by atoms with Crippen molar-refractivity contribution in [1.82, 2.24) is 10.3 Å². The Labute approximate surface area is 300 Å². The van der Waals surface area contributed by atoms with Gasteiger partial charge in [-0.3, -0.25) is 14.4 Å². The van der Waals surface area contributed by atoms with Gasteiger partial charge in [-0.25, -0.2) is 9.78 Å². The van der Waals surface area contributed by atoms with Crippen LogP contribution in [0.1, 0.15) is 61.3 Å². The summed E-state index contributed by atoms with van der Waals surface area (Å²) < 4.78 is 22.2. The van der Waals surface area contributed by atoms with Gasteiger partial charge in [-0.15, -0.1) is 0 Å². The smallest absolute Gasteiger partial charge is 0.358 e. The van der Waals surface area contributed by atoms with Crippen molar-refractivity contribution < 1.29 is 33.3 Å². The fourth-order valence-electron chi connectivity index (χ4n) is 6.27. The number of anilines is 2. The zero-order valence-electron chi connectivity index (χ0n) is 29.7. The molecule has 0 unspecified atom stereocenters. The van der Waals surface area contributed by atoms with E-state index in [1.54, 1.807) is 19.2 Å². The van der Waals surface area contributed by atoms with Crippen LogP contribution in [-0.4, -0.2) is 57.2 Å². The third kappa shape index (κ3) is 7.68. The molecule has 0 fully saturated rings. The summed E-state index contributed by atoms with van der Waals surface area (Å²) in [5.41, 5.74) is 3.54. The van der Waals surface area contributed by atoms with Crippen LogP contribution >= 0.6 is 11.3 Å². The molecule has 1 aliphatic carbocycles. The highest BCUT2D eigenvalue weighted by Gasteiger charge is 2.31. The first-order chi connectivity index (χ1) is 24.5. The molecule has 0 saturated heterocycles. The second-order valence-corrected chi connectivity index (χ2v) is 13.1. The van der Waals surface area contributed by atoms with Crippen molar-refractivity contribution in [1.29, 1.82) is 0 Å². The van der Waals surface area contributed by atoms with Crippen LogP contribution in [0.5, 0.6) is 17.2 Å². The molecule has 51 heavy (non-hydrogen) atoms. The van der Waals surface area contributed by atoms with Crippen LogP contribution in [0, 0.1) is 5.92 Å². The Bertz CT molecular complexity index is 2000. The summed E-state index contributed by atoms with van der Waals surface area (Å²) in [7, 11) is 5.89. The molecule has 0 saturated carbocycles. The number of aromatic nitrogens is 1. The van der Waals surface area contributed by atoms with E-state index in [2.05, 4.69) is 20.9 Å². The third-order valence-electron chi connectivity index (χ3n) is 8.99. The van der Waals surface area contributed by atoms with Gasteiger partial charge in [0.25, 0.3) is 0 Å². The maximum atomic E-state index is 14.0. The van der Waals surface area contributed by atoms with Crippen LogP contribution in [0.15, 0.2) is 59.4 Å². The molecule has 3 aromatic carbocycles. The molecule has 3 N–H and O–H groups in total. The molecular weight excluding hydrogens is 673 g/mol. The summed E-state index contributed by atoms with van der Waals surface area (Å²) in [6.07, 6.45) is 1.69. The molecule has 0 aliphatic heterocycles. The van der Waals surface area contributed by atoms with Gasteiger partial charge in [-0.05, 0) is 59.2 Å². The number of ether oxygens (including phenoxy) is 4. The van der Waals surface area contributed by atoms with Gasteiger partial charge in [0.2, 0.25) is 23.0 Å². The van der Waals surface area contributed by atoms with Gasteiger partial charge in [-0.2, -0.15) is 0 Å². The number of amides is 2. The Hall–Kier alpha value is -5.43. The highest BCUT2D eigenvalue weighted by atomic mass is 32.1. The first kappa shape index (κ1) is 36.8. The van der Waals surface area contributed by atoms with Crippen molar-refractivity contribution in [2.24, 2.45) is 5.92 Å². The minimum absolute atomic E-state index is 0.0918. The third-order valence-corrected chi connectivity index (χ3v) is 10.0. The summed E-state index contributed by atoms with van der Waals surface area (Å²) >= 11 is 1.16. The minimum atomic E-state index is -0.854. The molecular formula is C38H42N4O8S. The van der Waals surface area contributed by atoms with Crippen LogP contribution in [0.25, 0.3) is 21.6 Å². The first-order valence-electron chi connectivity index (χ1n) is 16.5. The van der Waals surface area contributed by atoms with Crippen LogP contribution < -0.4 is 35.6 Å². The number of benzene rings is 2. The molecule has 1 aliphatic rings. The summed E-state index contributed by atoms with van der Waals surface area (Å²) in [6.45, 7) is 5.30. The average molecular weight is 715 g/mol. The topological polar surface area (TPSA) is 154 Å². The number of carbonyl (C=O) groups excluding carboxylic acids is 3. The molecule has 4 aromatic rings. The number of hydrogen-bond acceptors (Lipinski definition) is 11. The standard InChI is InChI=1S/C38H42N4O8S/c1-8-20(2)31(36(45)42-38-41-32(37(46)50-7)35(51-38)22-12-10-9-11-13-22)40-27-17-15-24-25(19-28(27)44)26(39-21(3)43)16-14-23-18-29(47-4)33(48-5)34(49-6)30(23)24/h9-13,15,17-20,26,31H,8,14,16H2,1-7H3,(H,39,43)(H,40,44)(H,41,42,45)/t20-,26+,31+/m1/s1. The van der Waals surface area contributed by atoms with Crippen LogP contribution in [0.3, 0.4) is 0 Å². The largest absolute Gasteiger partial charge is 0.493 e. The van der Waals surface area contributed by atoms with Gasteiger partial charge in [-0.1, -0.05) is 68.0 Å². The predicted octanol–water partition coefficient (Wildman–Crippen LogP) is 6.24. The molecule has 3 atom stereocenters. The Morgan fingerprint density at radius 1 is 0.980 bits per heavy atom. The van der Waals surface area contributed by atoms with Crippen molar-refractivity contribution >= 4 is 39.9 Å². The Morgan fingerprint density at radius 2 is 1.71 bits per heavy atom. The van der Waals surface area contributed by atoms with E-state index in [1.807, 2.05) is 50.2 Å². The number of nitrogens with one attached hydrogen (secondary N) is 3. The molecule has 268 valence electrons. The van der Waals surface area contributed by atoms with Gasteiger partial charge in [0, 0.05) is 12.5 Å². The van der Waals surface area contributed by atoms with Crippen molar-refractivity contribution in [3.8, 4) is 38.8 Å². The normalized spacial score (nSPS) is 14.5. The van der Waals surface area contributed by atoms with Gasteiger partial charge < -0.3 is 34.9 Å². The number of methoxy groups -OCH3 is 4. The Morgan fingerprint density at radius 3 is 2.33 bits per heavy atom. The number of esters is 1. The van der Waals surface area contributed by atoms with E-state index in [0.29, 0.717) is 52.5 Å². The lowest BCUT2D eigenvalue weighted by molar-refractivity contribution is -0.120. The van der Waals surface area contributed by atoms with Crippen molar-refractivity contribution in [2.75, 3.05) is 39.1 Å². The zero-order valence-corrected chi connectivity index (χ0v) is 30.5. The second-order valence-electron chi connectivity index (χ2n) is 12.1. The molecule has 0 bridgehead atoms. The lowest BCUT2D eigenvalue weighted by Crippen LogP contribution is -2.40. The average Bonchev–Trinajstić information content (AvgIpc) is 3.42. The maximum absolute atomic E-state index is 14.0. The molecule has 0 spiro atoms. The number of nitrogens with zero attached hydrogens (tertiary/aromatic N) is 1. The van der Waals surface area contributed by atoms with Crippen molar-refractivity contribution in [2.45, 2.75) is 52.1 Å². The Balaban J connectivity index is 1.57. The molecule has 1 aromatic heterocycles. The molecule has 5 rings (SSSR count). The number of fused-ring (bicyclic) bond motifs is 3. The van der Waals surface area contributed by atoms with Crippen LogP contribution in [-0.2, 0) is 20.7 Å². The minimum Gasteiger partial charge on any atom is -0.493 e. The predicted molar refractivity (Wildman–Crippen MR) is 197 cm³/mol. The number of aryl methyl sites for hydroxylation is 1. The molecule has 2 amide bonds. The maximum Gasteiger partial charge on any atom is 0.358 e. The monoisotopic (exact) mass is 714 g/mol. The zero-order chi connectivity index (χ0) is 36.8. The SMILES string of the molecule is CC[C@@H](C)[C@H](Nc1ccc2c(cc1=O)[C@@H](NC(C)=O)CCc1cc(OC)c(OC)c(OC)c1-2)C(=O)Nc1nc(C(=O)OC)c(-c2ccccc2)s1. The van der Waals surface area contributed by atoms with Crippen molar-refractivity contribution in [3.63, 3.8) is 0 Å². The highest BCUT2D eigenvalue weighted by Crippen LogP contribution is 2.50. The van der Waals surface area contributed by atoms with E-state index in [4.69, 9.17) is 18.9 Å². The second kappa shape index (κ2) is 16.1. The molecule has 0 radical (unpaired) electrons.